The Balaban J connectivity index is 2.90. The van der Waals surface area contributed by atoms with Crippen molar-refractivity contribution in [2.45, 2.75) is 71.8 Å². The highest BCUT2D eigenvalue weighted by molar-refractivity contribution is 6.60. The van der Waals surface area contributed by atoms with Crippen LogP contribution >= 0.6 is 0 Å². The number of carbonyl (C=O) groups is 2. The lowest BCUT2D eigenvalue weighted by Gasteiger charge is -2.33. The minimum Gasteiger partial charge on any atom is -0.390 e. The van der Waals surface area contributed by atoms with E-state index in [1.165, 1.54) is 11.8 Å². The third kappa shape index (κ3) is 5.09. The molecule has 1 aliphatic heterocycles. The lowest BCUT2D eigenvalue weighted by molar-refractivity contribution is -0.142. The Morgan fingerprint density at radius 1 is 1.25 bits per heavy atom. The van der Waals surface area contributed by atoms with Crippen molar-refractivity contribution >= 4 is 20.5 Å². The van der Waals surface area contributed by atoms with Crippen LogP contribution < -0.4 is 0 Å². The van der Waals surface area contributed by atoms with Crippen molar-refractivity contribution in [1.82, 2.24) is 4.90 Å². The third-order valence-corrected chi connectivity index (χ3v) is 7.39. The van der Waals surface area contributed by atoms with Crippen LogP contribution in [-0.2, 0) is 22.9 Å². The van der Waals surface area contributed by atoms with Gasteiger partial charge in [0.2, 0.25) is 5.91 Å². The van der Waals surface area contributed by atoms with Crippen molar-refractivity contribution < 1.29 is 28.0 Å². The van der Waals surface area contributed by atoms with Gasteiger partial charge in [-0.1, -0.05) is 13.3 Å². The van der Waals surface area contributed by atoms with Crippen LogP contribution in [0.5, 0.6) is 0 Å². The minimum absolute atomic E-state index is 0.219. The molecule has 0 bridgehead atoms. The van der Waals surface area contributed by atoms with Crippen molar-refractivity contribution in [3.63, 3.8) is 0 Å². The molecule has 140 valence electrons. The zero-order valence-corrected chi connectivity index (χ0v) is 16.4. The Hall–Kier alpha value is -0.803. The van der Waals surface area contributed by atoms with E-state index in [0.717, 1.165) is 6.42 Å². The van der Waals surface area contributed by atoms with E-state index in [1.807, 2.05) is 20.8 Å². The van der Waals surface area contributed by atoms with Gasteiger partial charge < -0.3 is 23.3 Å². The Bertz CT molecular complexity index is 416. The Kier molecular flexibility index (Phi) is 8.51. The number of nitrogens with zero attached hydrogens (tertiary/aromatic N) is 1. The number of hydrogen-bond acceptors (Lipinski definition) is 6. The highest BCUT2D eigenvalue weighted by Crippen LogP contribution is 2.25. The van der Waals surface area contributed by atoms with E-state index in [2.05, 4.69) is 0 Å². The average molecular weight is 362 g/mol. The Morgan fingerprint density at radius 2 is 1.83 bits per heavy atom. The van der Waals surface area contributed by atoms with Gasteiger partial charge in [-0.2, -0.15) is 0 Å². The van der Waals surface area contributed by atoms with E-state index in [9.17, 15) is 14.7 Å². The summed E-state index contributed by atoms with van der Waals surface area (Å²) in [6, 6.07) is -0.232. The summed E-state index contributed by atoms with van der Waals surface area (Å²) in [7, 11) is -2.95. The van der Waals surface area contributed by atoms with Gasteiger partial charge in [-0.3, -0.25) is 9.59 Å². The predicted molar refractivity (Wildman–Crippen MR) is 91.5 cm³/mol. The van der Waals surface area contributed by atoms with Crippen molar-refractivity contribution in [3.8, 4) is 0 Å². The van der Waals surface area contributed by atoms with Crippen molar-refractivity contribution in [2.24, 2.45) is 0 Å². The van der Waals surface area contributed by atoms with Gasteiger partial charge in [0.1, 0.15) is 12.1 Å². The van der Waals surface area contributed by atoms with E-state index < -0.39 is 27.1 Å². The molecule has 1 saturated heterocycles. The first-order valence-corrected chi connectivity index (χ1v) is 10.7. The molecule has 1 fully saturated rings. The highest BCUT2D eigenvalue weighted by Gasteiger charge is 2.46. The highest BCUT2D eigenvalue weighted by atomic mass is 28.4. The zero-order chi connectivity index (χ0) is 18.3. The first kappa shape index (κ1) is 21.2. The van der Waals surface area contributed by atoms with E-state index in [-0.39, 0.29) is 11.7 Å². The summed E-state index contributed by atoms with van der Waals surface area (Å²) >= 11 is 0. The fourth-order valence-electron chi connectivity index (χ4n) is 3.10. The molecule has 0 saturated carbocycles. The lowest BCUT2D eigenvalue weighted by atomic mass is 10.0. The molecule has 8 heteroatoms. The van der Waals surface area contributed by atoms with Crippen molar-refractivity contribution in [1.29, 1.82) is 0 Å². The molecule has 1 rings (SSSR count). The Labute approximate surface area is 145 Å². The van der Waals surface area contributed by atoms with Gasteiger partial charge in [0.15, 0.2) is 5.78 Å². The van der Waals surface area contributed by atoms with Crippen LogP contribution in [0.25, 0.3) is 0 Å². The number of hydrogen-bond donors (Lipinski definition) is 1. The summed E-state index contributed by atoms with van der Waals surface area (Å²) in [6.45, 7) is 10.1. The monoisotopic (exact) mass is 361 g/mol. The Morgan fingerprint density at radius 3 is 2.29 bits per heavy atom. The maximum absolute atomic E-state index is 12.8. The number of likely N-dealkylation sites (tertiary alicyclic amines) is 1. The van der Waals surface area contributed by atoms with Gasteiger partial charge in [0.05, 0.1) is 6.10 Å². The van der Waals surface area contributed by atoms with Crippen LogP contribution in [0.3, 0.4) is 0 Å². The standard InChI is InChI=1S/C16H31NO6Si/c1-6-11-24(21-7-2,22-8-3)23-12(4)16(20)15-14(19)9-10-17(15)13(5)18/h12,14-15,19H,6-11H2,1-5H3/t12?,14?,15-/m0/s1. The van der Waals surface area contributed by atoms with E-state index >= 15 is 0 Å². The van der Waals surface area contributed by atoms with E-state index in [1.54, 1.807) is 6.92 Å². The van der Waals surface area contributed by atoms with Crippen molar-refractivity contribution in [3.05, 3.63) is 0 Å². The second-order valence-corrected chi connectivity index (χ2v) is 8.65. The van der Waals surface area contributed by atoms with Gasteiger partial charge in [0, 0.05) is 32.7 Å². The molecule has 1 heterocycles. The largest absolute Gasteiger partial charge is 0.501 e. The molecule has 7 nitrogen and oxygen atoms in total. The number of Topliss-reactive ketones (excluding diaryl/α,β-unsaturated/α-hetero) is 1. The number of ketones is 1. The molecule has 1 aliphatic rings. The lowest BCUT2D eigenvalue weighted by Crippen LogP contribution is -2.54. The molecule has 3 atom stereocenters. The second-order valence-electron chi connectivity index (χ2n) is 5.97. The van der Waals surface area contributed by atoms with Crippen molar-refractivity contribution in [2.75, 3.05) is 19.8 Å². The average Bonchev–Trinajstić information content (AvgIpc) is 2.89. The maximum atomic E-state index is 12.8. The number of rotatable bonds is 10. The first-order valence-electron chi connectivity index (χ1n) is 8.76. The molecule has 0 aromatic carbocycles. The molecule has 0 aromatic rings. The fraction of sp³-hybridized carbons (Fsp3) is 0.875. The zero-order valence-electron chi connectivity index (χ0n) is 15.4. The minimum atomic E-state index is -2.95. The smallest absolute Gasteiger partial charge is 0.390 e. The predicted octanol–water partition coefficient (Wildman–Crippen LogP) is 1.36. The van der Waals surface area contributed by atoms with Crippen LogP contribution in [0.1, 0.15) is 47.5 Å². The summed E-state index contributed by atoms with van der Waals surface area (Å²) in [6.07, 6.45) is -0.439. The molecule has 1 amide bonds. The van der Waals surface area contributed by atoms with Gasteiger partial charge in [0.25, 0.3) is 0 Å². The normalized spacial score (nSPS) is 22.7. The molecule has 0 aliphatic carbocycles. The molecule has 0 radical (unpaired) electrons. The molecular formula is C16H31NO6Si. The SMILES string of the molecule is CCC[Si](OCC)(OCC)OC(C)C(=O)[C@@H]1C(O)CCN1C(C)=O. The molecule has 24 heavy (non-hydrogen) atoms. The summed E-state index contributed by atoms with van der Waals surface area (Å²) in [5.74, 6) is -0.522. The number of carbonyl (C=O) groups excluding carboxylic acids is 2. The van der Waals surface area contributed by atoms with Crippen LogP contribution in [0.4, 0.5) is 0 Å². The van der Waals surface area contributed by atoms with Gasteiger partial charge in [-0.25, -0.2) is 0 Å². The molecule has 2 unspecified atom stereocenters. The summed E-state index contributed by atoms with van der Waals surface area (Å²) in [4.78, 5) is 25.9. The fourth-order valence-corrected chi connectivity index (χ4v) is 5.87. The first-order chi connectivity index (χ1) is 11.3. The topological polar surface area (TPSA) is 85.3 Å². The van der Waals surface area contributed by atoms with Crippen LogP contribution in [0.15, 0.2) is 0 Å². The second kappa shape index (κ2) is 9.62. The molecule has 1 N–H and O–H groups in total. The summed E-state index contributed by atoms with van der Waals surface area (Å²) < 4.78 is 17.6. The van der Waals surface area contributed by atoms with E-state index in [0.29, 0.717) is 32.2 Å². The maximum Gasteiger partial charge on any atom is 0.501 e. The van der Waals surface area contributed by atoms with Crippen LogP contribution in [0, 0.1) is 0 Å². The quantitative estimate of drug-likeness (QED) is 0.592. The van der Waals surface area contributed by atoms with E-state index in [4.69, 9.17) is 13.3 Å². The molecular weight excluding hydrogens is 330 g/mol. The van der Waals surface area contributed by atoms with Gasteiger partial charge >= 0.3 is 8.80 Å². The third-order valence-electron chi connectivity index (χ3n) is 4.10. The van der Waals surface area contributed by atoms with Gasteiger partial charge in [-0.15, -0.1) is 0 Å². The molecule has 0 aromatic heterocycles. The summed E-state index contributed by atoms with van der Waals surface area (Å²) in [5, 5.41) is 10.1. The number of aliphatic hydroxyl groups excluding tert-OH is 1. The summed E-state index contributed by atoms with van der Waals surface area (Å²) in [5.41, 5.74) is 0. The van der Waals surface area contributed by atoms with Gasteiger partial charge in [-0.05, 0) is 27.2 Å². The number of aliphatic hydroxyl groups is 1. The van der Waals surface area contributed by atoms with Crippen LogP contribution in [0.2, 0.25) is 6.04 Å². The number of amides is 1. The van der Waals surface area contributed by atoms with Crippen LogP contribution in [-0.4, -0.2) is 68.5 Å². The molecule has 0 spiro atoms.